The van der Waals surface area contributed by atoms with Gasteiger partial charge >= 0.3 is 23.9 Å². The maximum absolute atomic E-state index is 12.9. The lowest BCUT2D eigenvalue weighted by Crippen LogP contribution is -2.09. The number of aliphatic imine (C=N–C) groups is 1. The zero-order chi connectivity index (χ0) is 39.4. The largest absolute Gasteiger partial charge is 0.494 e. The van der Waals surface area contributed by atoms with Crippen molar-refractivity contribution >= 4 is 35.8 Å². The lowest BCUT2D eigenvalue weighted by Gasteiger charge is -2.11. The molecule has 4 rings (SSSR count). The zero-order valence-corrected chi connectivity index (χ0v) is 30.8. The molecule has 0 bridgehead atoms. The molecule has 286 valence electrons. The number of esters is 4. The number of nitrogens with zero attached hydrogens (tertiary/aromatic N) is 1. The fourth-order valence-corrected chi connectivity index (χ4v) is 4.78. The van der Waals surface area contributed by atoms with Crippen LogP contribution in [0.4, 0.5) is 5.69 Å². The van der Waals surface area contributed by atoms with E-state index in [1.165, 1.54) is 7.11 Å². The first-order valence-corrected chi connectivity index (χ1v) is 17.5. The summed E-state index contributed by atoms with van der Waals surface area (Å²) in [6, 6.07) is 23.4. The smallest absolute Gasteiger partial charge is 0.343 e. The van der Waals surface area contributed by atoms with Crippen LogP contribution in [0.2, 0.25) is 0 Å². The van der Waals surface area contributed by atoms with E-state index in [4.69, 9.17) is 33.2 Å². The van der Waals surface area contributed by atoms with Gasteiger partial charge in [0.2, 0.25) is 0 Å². The number of unbranched alkanes of at least 4 members (excludes halogenated alkanes) is 2. The molecule has 0 aromatic heterocycles. The van der Waals surface area contributed by atoms with E-state index in [1.807, 2.05) is 6.92 Å². The molecule has 0 heterocycles. The first kappa shape index (κ1) is 41.1. The molecule has 12 nitrogen and oxygen atoms in total. The summed E-state index contributed by atoms with van der Waals surface area (Å²) in [6.07, 6.45) is 6.60. The topological polar surface area (TPSA) is 145 Å². The number of hydrogen-bond donors (Lipinski definition) is 0. The van der Waals surface area contributed by atoms with Gasteiger partial charge < -0.3 is 33.2 Å². The van der Waals surface area contributed by atoms with Crippen LogP contribution in [0.1, 0.15) is 57.5 Å². The van der Waals surface area contributed by atoms with Crippen molar-refractivity contribution < 1.29 is 52.3 Å². The average molecular weight is 750 g/mol. The SMILES string of the molecule is C=CC(=O)OCCCCOc1ccc(C(=O)Oc2ccc(/N=C/c3ccc(OC(=O)c4ccc(OCCCCOC(=O)C=C)cc4)c(OC)c3)c(C)c2)cc1. The minimum absolute atomic E-state index is 0.243. The maximum atomic E-state index is 12.9. The van der Waals surface area contributed by atoms with Crippen LogP contribution >= 0.6 is 0 Å². The van der Waals surface area contributed by atoms with Gasteiger partial charge in [0.05, 0.1) is 50.4 Å². The lowest BCUT2D eigenvalue weighted by molar-refractivity contribution is -0.138. The summed E-state index contributed by atoms with van der Waals surface area (Å²) in [6.45, 7) is 10.0. The predicted octanol–water partition coefficient (Wildman–Crippen LogP) is 7.97. The predicted molar refractivity (Wildman–Crippen MR) is 206 cm³/mol. The highest BCUT2D eigenvalue weighted by molar-refractivity contribution is 5.92. The standard InChI is InChI=1S/C43H43NO11/c1-5-40(45)52-25-9-7-23-50-34-16-12-32(13-17-34)42(47)54-36-20-21-37(30(3)27-36)44-29-31-11-22-38(39(28-31)49-4)55-43(48)33-14-18-35(19-15-33)51-24-8-10-26-53-41(46)6-2/h5-6,11-22,27-29H,1-2,7-10,23-26H2,3-4H3/b44-29+. The van der Waals surface area contributed by atoms with Gasteiger partial charge in [0.25, 0.3) is 0 Å². The number of carbonyl (C=O) groups is 4. The van der Waals surface area contributed by atoms with Crippen molar-refractivity contribution in [1.29, 1.82) is 0 Å². The second-order valence-electron chi connectivity index (χ2n) is 11.8. The molecule has 4 aromatic rings. The van der Waals surface area contributed by atoms with Crippen molar-refractivity contribution in [3.63, 3.8) is 0 Å². The fraction of sp³-hybridized carbons (Fsp3) is 0.233. The zero-order valence-electron chi connectivity index (χ0n) is 30.8. The molecule has 0 aliphatic heterocycles. The van der Waals surface area contributed by atoms with E-state index in [0.29, 0.717) is 97.5 Å². The van der Waals surface area contributed by atoms with Crippen LogP contribution in [0.3, 0.4) is 0 Å². The molecule has 0 saturated carbocycles. The average Bonchev–Trinajstić information content (AvgIpc) is 3.20. The number of carbonyl (C=O) groups excluding carboxylic acids is 4. The van der Waals surface area contributed by atoms with Gasteiger partial charge in [0, 0.05) is 18.4 Å². The van der Waals surface area contributed by atoms with Gasteiger partial charge in [0.15, 0.2) is 11.5 Å². The molecule has 0 amide bonds. The quantitative estimate of drug-likeness (QED) is 0.0269. The van der Waals surface area contributed by atoms with Crippen molar-refractivity contribution in [2.45, 2.75) is 32.6 Å². The third kappa shape index (κ3) is 13.7. The fourth-order valence-electron chi connectivity index (χ4n) is 4.78. The van der Waals surface area contributed by atoms with Crippen LogP contribution in [0.25, 0.3) is 0 Å². The Kier molecular flexibility index (Phi) is 16.2. The van der Waals surface area contributed by atoms with Crippen molar-refractivity contribution in [3.8, 4) is 28.7 Å². The summed E-state index contributed by atoms with van der Waals surface area (Å²) >= 11 is 0. The molecule has 0 radical (unpaired) electrons. The Morgan fingerprint density at radius 1 is 0.600 bits per heavy atom. The van der Waals surface area contributed by atoms with Gasteiger partial charge in [-0.1, -0.05) is 13.2 Å². The summed E-state index contributed by atoms with van der Waals surface area (Å²) < 4.78 is 37.9. The molecule has 55 heavy (non-hydrogen) atoms. The molecule has 0 aliphatic rings. The van der Waals surface area contributed by atoms with E-state index in [-0.39, 0.29) is 5.75 Å². The molecule has 4 aromatic carbocycles. The summed E-state index contributed by atoms with van der Waals surface area (Å²) in [5, 5.41) is 0. The van der Waals surface area contributed by atoms with Gasteiger partial charge in [-0.3, -0.25) is 4.99 Å². The molecule has 0 unspecified atom stereocenters. The Labute approximate surface area is 319 Å². The Bertz CT molecular complexity index is 1970. The molecule has 0 spiro atoms. The minimum atomic E-state index is -0.563. The number of benzene rings is 4. The summed E-state index contributed by atoms with van der Waals surface area (Å²) in [7, 11) is 1.48. The summed E-state index contributed by atoms with van der Waals surface area (Å²) in [5.74, 6) is 0.181. The van der Waals surface area contributed by atoms with E-state index in [9.17, 15) is 19.2 Å². The van der Waals surface area contributed by atoms with Crippen molar-refractivity contribution in [2.75, 3.05) is 33.5 Å². The van der Waals surface area contributed by atoms with Crippen molar-refractivity contribution in [3.05, 3.63) is 132 Å². The summed E-state index contributed by atoms with van der Waals surface area (Å²) in [5.41, 5.74) is 2.85. The molecule has 0 atom stereocenters. The third-order valence-corrected chi connectivity index (χ3v) is 7.74. The van der Waals surface area contributed by atoms with Gasteiger partial charge in [-0.25, -0.2) is 19.2 Å². The van der Waals surface area contributed by atoms with Crippen LogP contribution in [0, 0.1) is 6.92 Å². The Hall–Kier alpha value is -6.69. The van der Waals surface area contributed by atoms with E-state index in [0.717, 1.165) is 17.7 Å². The number of methoxy groups -OCH3 is 1. The molecular formula is C43H43NO11. The Morgan fingerprint density at radius 2 is 1.11 bits per heavy atom. The van der Waals surface area contributed by atoms with Crippen LogP contribution in [-0.4, -0.2) is 63.6 Å². The van der Waals surface area contributed by atoms with Crippen molar-refractivity contribution in [2.24, 2.45) is 4.99 Å². The molecule has 0 saturated heterocycles. The number of hydrogen-bond acceptors (Lipinski definition) is 12. The van der Waals surface area contributed by atoms with Gasteiger partial charge in [0.1, 0.15) is 17.2 Å². The lowest BCUT2D eigenvalue weighted by atomic mass is 10.1. The van der Waals surface area contributed by atoms with Crippen LogP contribution < -0.4 is 23.7 Å². The second-order valence-corrected chi connectivity index (χ2v) is 11.8. The third-order valence-electron chi connectivity index (χ3n) is 7.74. The first-order valence-electron chi connectivity index (χ1n) is 17.5. The van der Waals surface area contributed by atoms with E-state index < -0.39 is 23.9 Å². The van der Waals surface area contributed by atoms with Crippen LogP contribution in [0.15, 0.2) is 115 Å². The highest BCUT2D eigenvalue weighted by Crippen LogP contribution is 2.30. The van der Waals surface area contributed by atoms with E-state index >= 15 is 0 Å². The summed E-state index contributed by atoms with van der Waals surface area (Å²) in [4.78, 5) is 52.4. The normalized spacial score (nSPS) is 10.6. The molecule has 0 N–H and O–H groups in total. The first-order chi connectivity index (χ1) is 26.7. The monoisotopic (exact) mass is 749 g/mol. The highest BCUT2D eigenvalue weighted by Gasteiger charge is 2.14. The number of ether oxygens (including phenoxy) is 7. The molecular weight excluding hydrogens is 706 g/mol. The molecule has 0 fully saturated rings. The highest BCUT2D eigenvalue weighted by atomic mass is 16.6. The number of rotatable bonds is 21. The molecule has 12 heteroatoms. The van der Waals surface area contributed by atoms with Gasteiger partial charge in [-0.05, 0) is 129 Å². The Morgan fingerprint density at radius 3 is 1.62 bits per heavy atom. The number of aryl methyl sites for hydroxylation is 1. The van der Waals surface area contributed by atoms with E-state index in [2.05, 4.69) is 18.2 Å². The van der Waals surface area contributed by atoms with Crippen LogP contribution in [-0.2, 0) is 19.1 Å². The van der Waals surface area contributed by atoms with Crippen molar-refractivity contribution in [1.82, 2.24) is 0 Å². The second kappa shape index (κ2) is 21.7. The maximum Gasteiger partial charge on any atom is 0.343 e. The minimum Gasteiger partial charge on any atom is -0.494 e. The van der Waals surface area contributed by atoms with Gasteiger partial charge in [-0.2, -0.15) is 0 Å². The van der Waals surface area contributed by atoms with E-state index in [1.54, 1.807) is 91.1 Å². The van der Waals surface area contributed by atoms with Gasteiger partial charge in [-0.15, -0.1) is 0 Å². The Balaban J connectivity index is 1.24. The molecule has 0 aliphatic carbocycles. The van der Waals surface area contributed by atoms with Crippen LogP contribution in [0.5, 0.6) is 28.7 Å².